The van der Waals surface area contributed by atoms with Gasteiger partial charge in [-0.2, -0.15) is 0 Å². The zero-order valence-electron chi connectivity index (χ0n) is 15.8. The summed E-state index contributed by atoms with van der Waals surface area (Å²) in [6.45, 7) is 0.193. The van der Waals surface area contributed by atoms with Gasteiger partial charge in [0.05, 0.1) is 6.54 Å². The molecule has 2 amide bonds. The minimum atomic E-state index is -0.0275. The van der Waals surface area contributed by atoms with Crippen LogP contribution in [-0.2, 0) is 4.79 Å². The van der Waals surface area contributed by atoms with Gasteiger partial charge < -0.3 is 15.5 Å². The summed E-state index contributed by atoms with van der Waals surface area (Å²) in [4.78, 5) is 26.3. The lowest BCUT2D eigenvalue weighted by atomic mass is 9.95. The number of para-hydroxylation sites is 1. The van der Waals surface area contributed by atoms with E-state index < -0.39 is 0 Å². The number of carbonyl (C=O) groups is 2. The Balaban J connectivity index is 1.50. The number of carbonyl (C=O) groups excluding carboxylic acids is 2. The number of hydrogen-bond donors (Lipinski definition) is 2. The molecular formula is C22H27N3O2. The molecule has 0 atom stereocenters. The molecule has 3 rings (SSSR count). The lowest BCUT2D eigenvalue weighted by molar-refractivity contribution is -0.116. The molecule has 0 spiro atoms. The van der Waals surface area contributed by atoms with Crippen LogP contribution >= 0.6 is 0 Å². The first-order valence-corrected chi connectivity index (χ1v) is 9.60. The number of amides is 2. The smallest absolute Gasteiger partial charge is 0.251 e. The summed E-state index contributed by atoms with van der Waals surface area (Å²) in [6, 6.07) is 17.1. The summed E-state index contributed by atoms with van der Waals surface area (Å²) in [6.07, 6.45) is 5.80. The molecule has 0 radical (unpaired) electrons. The fourth-order valence-electron chi connectivity index (χ4n) is 3.35. The van der Waals surface area contributed by atoms with E-state index in [-0.39, 0.29) is 18.4 Å². The molecule has 5 heteroatoms. The highest BCUT2D eigenvalue weighted by molar-refractivity contribution is 5.96. The van der Waals surface area contributed by atoms with Gasteiger partial charge in [0.1, 0.15) is 0 Å². The summed E-state index contributed by atoms with van der Waals surface area (Å²) < 4.78 is 0. The van der Waals surface area contributed by atoms with Crippen molar-refractivity contribution in [2.24, 2.45) is 0 Å². The standard InChI is InChI=1S/C22H27N3O2/c1-25(20-10-6-3-7-11-20)21(26)16-23-18-14-12-17(13-15-18)22(27)24-19-8-4-2-5-9-19/h3,6-7,10-15,19,23H,2,4-5,8-9,16H2,1H3,(H,24,27). The number of benzene rings is 2. The normalized spacial score (nSPS) is 14.4. The number of nitrogens with zero attached hydrogens (tertiary/aromatic N) is 1. The fraction of sp³-hybridized carbons (Fsp3) is 0.364. The molecule has 27 heavy (non-hydrogen) atoms. The predicted octanol–water partition coefficient (Wildman–Crippen LogP) is 3.82. The van der Waals surface area contributed by atoms with Crippen LogP contribution < -0.4 is 15.5 Å². The second-order valence-corrected chi connectivity index (χ2v) is 7.03. The number of anilines is 2. The average Bonchev–Trinajstić information content (AvgIpc) is 2.73. The van der Waals surface area contributed by atoms with Crippen LogP contribution in [0.5, 0.6) is 0 Å². The van der Waals surface area contributed by atoms with Gasteiger partial charge in [-0.1, -0.05) is 37.5 Å². The quantitative estimate of drug-likeness (QED) is 0.818. The molecule has 142 valence electrons. The van der Waals surface area contributed by atoms with E-state index in [4.69, 9.17) is 0 Å². The highest BCUT2D eigenvalue weighted by Crippen LogP contribution is 2.18. The lowest BCUT2D eigenvalue weighted by Gasteiger charge is -2.22. The van der Waals surface area contributed by atoms with Crippen molar-refractivity contribution in [1.29, 1.82) is 0 Å². The summed E-state index contributed by atoms with van der Waals surface area (Å²) in [7, 11) is 1.76. The van der Waals surface area contributed by atoms with Gasteiger partial charge in [-0.3, -0.25) is 9.59 Å². The van der Waals surface area contributed by atoms with Crippen molar-refractivity contribution in [1.82, 2.24) is 5.32 Å². The van der Waals surface area contributed by atoms with Crippen LogP contribution in [0, 0.1) is 0 Å². The summed E-state index contributed by atoms with van der Waals surface area (Å²) in [5.74, 6) is -0.0475. The van der Waals surface area contributed by atoms with Gasteiger partial charge in [-0.25, -0.2) is 0 Å². The third-order valence-corrected chi connectivity index (χ3v) is 5.05. The van der Waals surface area contributed by atoms with Crippen molar-refractivity contribution in [2.45, 2.75) is 38.1 Å². The molecule has 1 aliphatic rings. The number of rotatable bonds is 6. The highest BCUT2D eigenvalue weighted by Gasteiger charge is 2.16. The van der Waals surface area contributed by atoms with Gasteiger partial charge in [0.2, 0.25) is 5.91 Å². The molecule has 0 aliphatic heterocycles. The van der Waals surface area contributed by atoms with Gasteiger partial charge in [0.15, 0.2) is 0 Å². The molecule has 2 aromatic rings. The third-order valence-electron chi connectivity index (χ3n) is 5.05. The van der Waals surface area contributed by atoms with Crippen molar-refractivity contribution >= 4 is 23.2 Å². The Hall–Kier alpha value is -2.82. The second-order valence-electron chi connectivity index (χ2n) is 7.03. The molecule has 1 fully saturated rings. The van der Waals surface area contributed by atoms with E-state index in [9.17, 15) is 9.59 Å². The van der Waals surface area contributed by atoms with Crippen LogP contribution in [0.3, 0.4) is 0 Å². The number of likely N-dealkylation sites (N-methyl/N-ethyl adjacent to an activating group) is 1. The Morgan fingerprint density at radius 2 is 1.63 bits per heavy atom. The Morgan fingerprint density at radius 3 is 2.30 bits per heavy atom. The number of nitrogens with one attached hydrogen (secondary N) is 2. The maximum atomic E-state index is 12.3. The van der Waals surface area contributed by atoms with Crippen LogP contribution in [0.1, 0.15) is 42.5 Å². The van der Waals surface area contributed by atoms with Gasteiger partial charge >= 0.3 is 0 Å². The zero-order chi connectivity index (χ0) is 19.1. The molecular weight excluding hydrogens is 338 g/mol. The van der Waals surface area contributed by atoms with Crippen molar-refractivity contribution in [3.8, 4) is 0 Å². The van der Waals surface area contributed by atoms with E-state index >= 15 is 0 Å². The zero-order valence-corrected chi connectivity index (χ0v) is 15.8. The molecule has 5 nitrogen and oxygen atoms in total. The maximum Gasteiger partial charge on any atom is 0.251 e. The summed E-state index contributed by atoms with van der Waals surface area (Å²) >= 11 is 0. The summed E-state index contributed by atoms with van der Waals surface area (Å²) in [5, 5.41) is 6.24. The molecule has 1 aliphatic carbocycles. The Kier molecular flexibility index (Phi) is 6.47. The Morgan fingerprint density at radius 1 is 0.963 bits per heavy atom. The van der Waals surface area contributed by atoms with Crippen LogP contribution in [0.25, 0.3) is 0 Å². The van der Waals surface area contributed by atoms with E-state index in [1.165, 1.54) is 19.3 Å². The van der Waals surface area contributed by atoms with E-state index in [0.29, 0.717) is 11.6 Å². The predicted molar refractivity (Wildman–Crippen MR) is 109 cm³/mol. The van der Waals surface area contributed by atoms with E-state index in [1.54, 1.807) is 24.1 Å². The van der Waals surface area contributed by atoms with E-state index in [2.05, 4.69) is 10.6 Å². The largest absolute Gasteiger partial charge is 0.376 e. The molecule has 2 N–H and O–H groups in total. The van der Waals surface area contributed by atoms with Gasteiger partial charge in [0.25, 0.3) is 5.91 Å². The monoisotopic (exact) mass is 365 g/mol. The lowest BCUT2D eigenvalue weighted by Crippen LogP contribution is -2.36. The number of hydrogen-bond acceptors (Lipinski definition) is 3. The molecule has 2 aromatic carbocycles. The van der Waals surface area contributed by atoms with Crippen molar-refractivity contribution < 1.29 is 9.59 Å². The Labute approximate surface area is 160 Å². The van der Waals surface area contributed by atoms with Gasteiger partial charge in [0, 0.05) is 30.0 Å². The van der Waals surface area contributed by atoms with Crippen LogP contribution in [0.15, 0.2) is 54.6 Å². The minimum absolute atomic E-state index is 0.0201. The molecule has 0 heterocycles. The first-order chi connectivity index (χ1) is 13.1. The van der Waals surface area contributed by atoms with Gasteiger partial charge in [-0.15, -0.1) is 0 Å². The molecule has 0 saturated heterocycles. The van der Waals surface area contributed by atoms with Crippen molar-refractivity contribution in [3.05, 3.63) is 60.2 Å². The fourth-order valence-corrected chi connectivity index (χ4v) is 3.35. The molecule has 0 unspecified atom stereocenters. The highest BCUT2D eigenvalue weighted by atomic mass is 16.2. The van der Waals surface area contributed by atoms with Crippen LogP contribution in [0.2, 0.25) is 0 Å². The SMILES string of the molecule is CN(C(=O)CNc1ccc(C(=O)NC2CCCCC2)cc1)c1ccccc1. The van der Waals surface area contributed by atoms with Crippen molar-refractivity contribution in [2.75, 3.05) is 23.8 Å². The third kappa shape index (κ3) is 5.33. The summed E-state index contributed by atoms with van der Waals surface area (Å²) in [5.41, 5.74) is 2.33. The van der Waals surface area contributed by atoms with Crippen LogP contribution in [-0.4, -0.2) is 31.4 Å². The molecule has 1 saturated carbocycles. The molecule has 0 aromatic heterocycles. The maximum absolute atomic E-state index is 12.3. The van der Waals surface area contributed by atoms with E-state index in [1.807, 2.05) is 42.5 Å². The first-order valence-electron chi connectivity index (χ1n) is 9.60. The van der Waals surface area contributed by atoms with Gasteiger partial charge in [-0.05, 0) is 49.2 Å². The minimum Gasteiger partial charge on any atom is -0.376 e. The van der Waals surface area contributed by atoms with Crippen molar-refractivity contribution in [3.63, 3.8) is 0 Å². The Bertz CT molecular complexity index is 753. The van der Waals surface area contributed by atoms with Crippen LogP contribution in [0.4, 0.5) is 11.4 Å². The topological polar surface area (TPSA) is 61.4 Å². The second kappa shape index (κ2) is 9.21. The average molecular weight is 365 g/mol. The molecule has 0 bridgehead atoms. The first kappa shape index (κ1) is 19.0. The van der Waals surface area contributed by atoms with E-state index in [0.717, 1.165) is 24.2 Å².